The summed E-state index contributed by atoms with van der Waals surface area (Å²) < 4.78 is 102. The number of aliphatic imine (C=N–C) groups is 1. The zero-order valence-corrected chi connectivity index (χ0v) is 37.7. The van der Waals surface area contributed by atoms with Crippen LogP contribution in [0.1, 0.15) is 89.3 Å². The van der Waals surface area contributed by atoms with Gasteiger partial charge in [-0.25, -0.2) is 13.4 Å². The number of allylic oxidation sites excluding steroid dienone is 8. The molecule has 332 valence electrons. The van der Waals surface area contributed by atoms with Gasteiger partial charge in [-0.05, 0) is 99.4 Å². The molecular formula is C43H53ClN3NaO11S3. The molecule has 14 nitrogen and oxygen atoms in total. The molecule has 5 rings (SSSR count). The molecule has 3 heterocycles. The van der Waals surface area contributed by atoms with Gasteiger partial charge in [0.25, 0.3) is 20.2 Å². The molecule has 0 saturated carbocycles. The van der Waals surface area contributed by atoms with E-state index in [1.165, 1.54) is 12.1 Å². The molecule has 0 aliphatic carbocycles. The first-order valence-corrected chi connectivity index (χ1v) is 24.9. The average Bonchev–Trinajstić information content (AvgIpc) is 3.53. The van der Waals surface area contributed by atoms with E-state index in [1.54, 1.807) is 12.3 Å². The summed E-state index contributed by atoms with van der Waals surface area (Å²) in [5, 5.41) is 9.62. The van der Waals surface area contributed by atoms with Gasteiger partial charge in [-0.3, -0.25) is 13.9 Å². The molecule has 0 radical (unpaired) electrons. The van der Waals surface area contributed by atoms with E-state index in [0.29, 0.717) is 67.3 Å². The second kappa shape index (κ2) is 20.7. The van der Waals surface area contributed by atoms with Crippen molar-refractivity contribution in [3.8, 4) is 0 Å². The molecule has 19 heteroatoms. The van der Waals surface area contributed by atoms with Crippen LogP contribution in [-0.2, 0) is 47.0 Å². The van der Waals surface area contributed by atoms with Crippen LogP contribution < -0.4 is 0 Å². The normalized spacial score (nSPS) is 18.1. The van der Waals surface area contributed by atoms with Gasteiger partial charge in [0.2, 0.25) is 5.69 Å². The molecule has 0 spiro atoms. The summed E-state index contributed by atoms with van der Waals surface area (Å²) >= 11 is 6.58. The molecule has 3 N–H and O–H groups in total. The van der Waals surface area contributed by atoms with E-state index in [1.807, 2.05) is 91.8 Å². The topological polar surface area (TPSA) is 222 Å². The number of unbranched alkanes of at least 4 members (excludes halogenated alkanes) is 3. The average molecular weight is 943 g/mol. The number of amidine groups is 1. The Kier molecular flexibility index (Phi) is 17.2. The molecule has 0 amide bonds. The van der Waals surface area contributed by atoms with Gasteiger partial charge in [0.05, 0.1) is 32.5 Å². The fourth-order valence-corrected chi connectivity index (χ4v) is 9.63. The van der Waals surface area contributed by atoms with Gasteiger partial charge in [0.15, 0.2) is 5.71 Å². The molecule has 2 aromatic rings. The Labute approximate surface area is 392 Å². The van der Waals surface area contributed by atoms with Gasteiger partial charge in [-0.2, -0.15) is 21.4 Å². The van der Waals surface area contributed by atoms with E-state index in [2.05, 4.69) is 0 Å². The van der Waals surface area contributed by atoms with Crippen molar-refractivity contribution in [3.05, 3.63) is 112 Å². The number of benzene rings is 2. The predicted molar refractivity (Wildman–Crippen MR) is 242 cm³/mol. The molecule has 0 aromatic heterocycles. The number of aryl methyl sites for hydroxylation is 1. The maximum atomic E-state index is 12.1. The summed E-state index contributed by atoms with van der Waals surface area (Å²) in [6.45, 7) is 8.62. The van der Waals surface area contributed by atoms with Gasteiger partial charge in [-0.1, -0.05) is 55.8 Å². The van der Waals surface area contributed by atoms with Crippen LogP contribution in [0.25, 0.3) is 5.57 Å². The van der Waals surface area contributed by atoms with Crippen LogP contribution in [0.5, 0.6) is 0 Å². The minimum atomic E-state index is -4.77. The van der Waals surface area contributed by atoms with Crippen LogP contribution in [0, 0.1) is 5.41 Å². The number of fused-ring (bicyclic) bond motifs is 2. The molecule has 62 heavy (non-hydrogen) atoms. The minimum absolute atomic E-state index is 0. The van der Waals surface area contributed by atoms with Crippen LogP contribution in [0.15, 0.2) is 105 Å². The van der Waals surface area contributed by atoms with Crippen LogP contribution >= 0.6 is 11.6 Å². The van der Waals surface area contributed by atoms with Crippen LogP contribution in [0.4, 0.5) is 5.69 Å². The van der Waals surface area contributed by atoms with Gasteiger partial charge in [-0.15, -0.1) is 0 Å². The van der Waals surface area contributed by atoms with E-state index >= 15 is 0 Å². The molecule has 3 aliphatic heterocycles. The number of halogens is 1. The molecule has 0 unspecified atom stereocenters. The Morgan fingerprint density at radius 1 is 0.903 bits per heavy atom. The van der Waals surface area contributed by atoms with E-state index in [9.17, 15) is 43.7 Å². The van der Waals surface area contributed by atoms with Crippen LogP contribution in [0.3, 0.4) is 0 Å². The van der Waals surface area contributed by atoms with Crippen molar-refractivity contribution in [2.75, 3.05) is 24.6 Å². The molecule has 3 aliphatic rings. The zero-order valence-electron chi connectivity index (χ0n) is 34.5. The van der Waals surface area contributed by atoms with Crippen molar-refractivity contribution in [1.82, 2.24) is 4.90 Å². The SMILES string of the molecule is CC1(C)C(=CC=C(C=CC2=[N+](CCCCS(=O)(=O)O)c3ccc(S(=O)(=O)[O-])cc3C2(C)C)c2cccc(CCCCC(=O)O)c2)N=C2C1=CC(Cl)=CN2CCCCS(=O)(=O)O.[NaH]. The first-order chi connectivity index (χ1) is 28.4. The summed E-state index contributed by atoms with van der Waals surface area (Å²) in [4.78, 5) is 17.7. The maximum absolute atomic E-state index is 12.1. The fraction of sp³-hybridized carbons (Fsp3) is 0.419. The summed E-state index contributed by atoms with van der Waals surface area (Å²) in [6, 6.07) is 12.1. The number of nitrogens with zero attached hydrogens (tertiary/aromatic N) is 3. The molecule has 0 fully saturated rings. The summed E-state index contributed by atoms with van der Waals surface area (Å²) in [5.41, 5.74) is 4.82. The number of carboxylic acids is 1. The van der Waals surface area contributed by atoms with Crippen LogP contribution in [0.2, 0.25) is 0 Å². The quantitative estimate of drug-likeness (QED) is 0.0413. The first kappa shape index (κ1) is 51.4. The predicted octanol–water partition coefficient (Wildman–Crippen LogP) is 6.74. The molecule has 2 aromatic carbocycles. The summed E-state index contributed by atoms with van der Waals surface area (Å²) in [5.74, 6) is -0.953. The third kappa shape index (κ3) is 13.4. The Morgan fingerprint density at radius 3 is 2.23 bits per heavy atom. The second-order valence-electron chi connectivity index (χ2n) is 16.4. The number of hydrogen-bond donors (Lipinski definition) is 3. The van der Waals surface area contributed by atoms with E-state index < -0.39 is 52.9 Å². The number of aliphatic carboxylic acids is 1. The Balaban J connectivity index is 0.00000845. The van der Waals surface area contributed by atoms with Gasteiger partial charge < -0.3 is 14.6 Å². The number of carboxylic acid groups (broad SMARTS) is 1. The van der Waals surface area contributed by atoms with Crippen molar-refractivity contribution in [1.29, 1.82) is 0 Å². The van der Waals surface area contributed by atoms with E-state index in [-0.39, 0.29) is 59.5 Å². The van der Waals surface area contributed by atoms with Crippen molar-refractivity contribution in [2.45, 2.75) is 89.4 Å². The summed E-state index contributed by atoms with van der Waals surface area (Å²) in [6.07, 6.45) is 14.5. The fourth-order valence-electron chi connectivity index (χ4n) is 7.77. The van der Waals surface area contributed by atoms with Gasteiger partial charge in [0.1, 0.15) is 22.5 Å². The van der Waals surface area contributed by atoms with Crippen molar-refractivity contribution in [3.63, 3.8) is 0 Å². The molecule has 0 saturated heterocycles. The molecule has 0 atom stereocenters. The Morgan fingerprint density at radius 2 is 1.58 bits per heavy atom. The molecular weight excluding hydrogens is 889 g/mol. The van der Waals surface area contributed by atoms with Gasteiger partial charge in [0, 0.05) is 54.3 Å². The number of hydrogen-bond acceptors (Lipinski definition) is 10. The van der Waals surface area contributed by atoms with Crippen molar-refractivity contribution in [2.24, 2.45) is 10.4 Å². The monoisotopic (exact) mass is 941 g/mol. The third-order valence-corrected chi connectivity index (χ3v) is 13.7. The third-order valence-electron chi connectivity index (χ3n) is 11.1. The standard InChI is InChI=1S/C43H52ClN3O11S3.Na.H/c1-42(2)36-27-33(44)29-46(22-7-9-24-59(50,51)52)41(36)45-38(42)20-16-31(32-14-11-13-30(26-32)12-5-6-15-40(48)49)17-21-39-43(3,4)35-28-34(61(56,57)58)18-19-37(35)47(39)23-8-10-25-60(53,54)55;;/h11,13-14,16-21,26-29H,5-10,12,15,22-25H2,1-4H3,(H3-,48,49,50,51,52,53,54,55,56,57,58);;. The summed E-state index contributed by atoms with van der Waals surface area (Å²) in [7, 11) is -13.0. The number of rotatable bonds is 20. The number of carbonyl (C=O) groups is 1. The Hall–Kier alpha value is -3.23. The van der Waals surface area contributed by atoms with E-state index in [4.69, 9.17) is 21.7 Å². The zero-order chi connectivity index (χ0) is 45.0. The Bertz CT molecular complexity index is 2630. The first-order valence-electron chi connectivity index (χ1n) is 19.9. The van der Waals surface area contributed by atoms with Gasteiger partial charge >= 0.3 is 35.5 Å². The van der Waals surface area contributed by atoms with Crippen LogP contribution in [-0.4, -0.2) is 125 Å². The van der Waals surface area contributed by atoms with Crippen molar-refractivity contribution >= 4 is 100 Å². The second-order valence-corrected chi connectivity index (χ2v) is 21.4. The van der Waals surface area contributed by atoms with E-state index in [0.717, 1.165) is 33.7 Å². The van der Waals surface area contributed by atoms with Crippen molar-refractivity contribution < 1.29 is 53.4 Å². The molecule has 0 bridgehead atoms.